The van der Waals surface area contributed by atoms with E-state index in [1.807, 2.05) is 47.7 Å². The zero-order valence-electron chi connectivity index (χ0n) is 26.1. The molecule has 50 heavy (non-hydrogen) atoms. The van der Waals surface area contributed by atoms with E-state index in [2.05, 4.69) is 99.4 Å². The molecule has 242 valence electrons. The third-order valence-corrected chi connectivity index (χ3v) is 11.1. The van der Waals surface area contributed by atoms with Crippen molar-refractivity contribution in [1.82, 2.24) is 4.57 Å². The zero-order valence-corrected chi connectivity index (χ0v) is 28.5. The van der Waals surface area contributed by atoms with Gasteiger partial charge in [0.2, 0.25) is 17.2 Å². The summed E-state index contributed by atoms with van der Waals surface area (Å²) in [6.45, 7) is 0. The molecule has 0 aliphatic heterocycles. The number of nitrogens with zero attached hydrogens (tertiary/aromatic N) is 1. The van der Waals surface area contributed by atoms with Gasteiger partial charge in [0.25, 0.3) is 0 Å². The summed E-state index contributed by atoms with van der Waals surface area (Å²) in [6, 6.07) is 43.2. The van der Waals surface area contributed by atoms with Crippen LogP contribution in [-0.2, 0) is 0 Å². The molecular weight excluding hydrogens is 710 g/mol. The number of aromatic hydroxyl groups is 5. The normalized spacial score (nSPS) is 11.7. The molecule has 9 rings (SSSR count). The minimum absolute atomic E-state index is 0.194. The maximum absolute atomic E-state index is 10.7. The Hall–Kier alpha value is -5.96. The monoisotopic (exact) mass is 735 g/mol. The highest BCUT2D eigenvalue weighted by atomic mass is 79.9. The second kappa shape index (κ2) is 11.3. The third kappa shape index (κ3) is 4.53. The fourth-order valence-corrected chi connectivity index (χ4v) is 8.79. The molecule has 0 saturated carbocycles. The number of hydrogen-bond acceptors (Lipinski definition) is 6. The largest absolute Gasteiger partial charge is 0.504 e. The minimum Gasteiger partial charge on any atom is -0.504 e. The number of halogens is 1. The quantitative estimate of drug-likeness (QED) is 0.0914. The maximum atomic E-state index is 10.7. The number of fused-ring (bicyclic) bond motifs is 6. The van der Waals surface area contributed by atoms with E-state index < -0.39 is 28.7 Å². The molecule has 0 fully saturated rings. The predicted octanol–water partition coefficient (Wildman–Crippen LogP) is 11.4. The molecule has 0 saturated heterocycles. The summed E-state index contributed by atoms with van der Waals surface area (Å²) in [6.07, 6.45) is 0. The van der Waals surface area contributed by atoms with Gasteiger partial charge >= 0.3 is 0 Å². The molecule has 8 heteroatoms. The number of benzene rings is 7. The molecule has 9 aromatic rings. The lowest BCUT2D eigenvalue weighted by molar-refractivity contribution is 0.330. The molecule has 2 aromatic heterocycles. The third-order valence-electron chi connectivity index (χ3n) is 9.39. The van der Waals surface area contributed by atoms with Crippen molar-refractivity contribution >= 4 is 69.2 Å². The molecule has 7 aromatic carbocycles. The number of rotatable bonds is 4. The van der Waals surface area contributed by atoms with Crippen molar-refractivity contribution in [2.75, 3.05) is 0 Å². The van der Waals surface area contributed by atoms with E-state index in [9.17, 15) is 25.5 Å². The smallest absolute Gasteiger partial charge is 0.208 e. The summed E-state index contributed by atoms with van der Waals surface area (Å²) in [5.74, 6) is -4.30. The molecule has 0 amide bonds. The zero-order chi connectivity index (χ0) is 34.3. The Bertz CT molecular complexity index is 2810. The van der Waals surface area contributed by atoms with Gasteiger partial charge in [0.15, 0.2) is 11.5 Å². The van der Waals surface area contributed by atoms with Crippen LogP contribution in [0.5, 0.6) is 28.7 Å². The second-order valence-electron chi connectivity index (χ2n) is 12.3. The van der Waals surface area contributed by atoms with E-state index in [4.69, 9.17) is 0 Å². The van der Waals surface area contributed by atoms with E-state index in [0.717, 1.165) is 48.7 Å². The molecule has 0 aliphatic carbocycles. The lowest BCUT2D eigenvalue weighted by Gasteiger charge is -2.13. The van der Waals surface area contributed by atoms with E-state index in [-0.39, 0.29) is 5.56 Å². The van der Waals surface area contributed by atoms with E-state index in [0.29, 0.717) is 5.56 Å². The van der Waals surface area contributed by atoms with Gasteiger partial charge in [-0.1, -0.05) is 94.8 Å². The molecular formula is C42H26BrNO5S. The van der Waals surface area contributed by atoms with Crippen LogP contribution in [0.1, 0.15) is 0 Å². The van der Waals surface area contributed by atoms with E-state index >= 15 is 0 Å². The molecule has 6 nitrogen and oxygen atoms in total. The Balaban J connectivity index is 1.26. The molecule has 0 bridgehead atoms. The molecule has 0 atom stereocenters. The van der Waals surface area contributed by atoms with Crippen molar-refractivity contribution in [3.8, 4) is 67.8 Å². The van der Waals surface area contributed by atoms with Crippen molar-refractivity contribution in [2.24, 2.45) is 0 Å². The molecule has 5 N–H and O–H groups in total. The first-order valence-electron chi connectivity index (χ1n) is 15.8. The Morgan fingerprint density at radius 3 is 1.80 bits per heavy atom. The summed E-state index contributed by atoms with van der Waals surface area (Å²) in [5.41, 5.74) is 7.12. The molecule has 2 heterocycles. The molecule has 0 radical (unpaired) electrons. The lowest BCUT2D eigenvalue weighted by Crippen LogP contribution is -1.94. The second-order valence-corrected chi connectivity index (χ2v) is 14.2. The van der Waals surface area contributed by atoms with Crippen LogP contribution in [0.4, 0.5) is 0 Å². The number of phenolic OH excluding ortho intramolecular Hbond substituents is 5. The van der Waals surface area contributed by atoms with Gasteiger partial charge in [-0.3, -0.25) is 0 Å². The van der Waals surface area contributed by atoms with Gasteiger partial charge in [-0.2, -0.15) is 0 Å². The SMILES string of the molecule is Oc1c(O)c(O)c(-c2ccc3c4ccc(-c5cc(Br)cc(-c6cccc7c6sc6ccccc67)c5)cc4n(-c4ccccc4)c3c2)c(O)c1O. The minimum atomic E-state index is -0.994. The fourth-order valence-electron chi connectivity index (χ4n) is 7.05. The molecule has 0 unspecified atom stereocenters. The summed E-state index contributed by atoms with van der Waals surface area (Å²) in [5, 5.41) is 56.4. The average molecular weight is 737 g/mol. The Morgan fingerprint density at radius 2 is 1.06 bits per heavy atom. The fraction of sp³-hybridized carbons (Fsp3) is 0. The molecule has 0 spiro atoms. The highest BCUT2D eigenvalue weighted by Crippen LogP contribution is 2.55. The summed E-state index contributed by atoms with van der Waals surface area (Å²) in [4.78, 5) is 0. The van der Waals surface area contributed by atoms with Crippen LogP contribution < -0.4 is 0 Å². The number of para-hydroxylation sites is 1. The number of thiophene rings is 1. The first-order chi connectivity index (χ1) is 24.3. The standard InChI is InChI=1S/C42H26BrNO5S/c43-26-18-24(17-25(19-26)28-10-6-11-32-31-9-4-5-12-35(31)50-42(28)32)22-13-15-29-30-16-14-23(36-37(45)39(47)41(49)40(48)38(36)46)21-34(30)44(33(29)20-22)27-7-2-1-3-8-27/h1-21,45-49H. The van der Waals surface area contributed by atoms with Crippen molar-refractivity contribution in [3.63, 3.8) is 0 Å². The maximum Gasteiger partial charge on any atom is 0.208 e. The van der Waals surface area contributed by atoms with Crippen molar-refractivity contribution in [3.05, 3.63) is 132 Å². The van der Waals surface area contributed by atoms with Crippen LogP contribution in [-0.4, -0.2) is 30.1 Å². The highest BCUT2D eigenvalue weighted by Gasteiger charge is 2.25. The van der Waals surface area contributed by atoms with Crippen LogP contribution in [0.15, 0.2) is 132 Å². The topological polar surface area (TPSA) is 106 Å². The first kappa shape index (κ1) is 30.1. The predicted molar refractivity (Wildman–Crippen MR) is 206 cm³/mol. The van der Waals surface area contributed by atoms with E-state index in [1.54, 1.807) is 12.1 Å². The summed E-state index contributed by atoms with van der Waals surface area (Å²) >= 11 is 5.61. The number of phenols is 5. The summed E-state index contributed by atoms with van der Waals surface area (Å²) < 4.78 is 5.59. The van der Waals surface area contributed by atoms with Crippen molar-refractivity contribution in [1.29, 1.82) is 0 Å². The van der Waals surface area contributed by atoms with Gasteiger partial charge in [-0.15, -0.1) is 11.3 Å². The van der Waals surface area contributed by atoms with Crippen LogP contribution >= 0.6 is 27.3 Å². The van der Waals surface area contributed by atoms with Gasteiger partial charge in [0.1, 0.15) is 0 Å². The highest BCUT2D eigenvalue weighted by molar-refractivity contribution is 9.10. The van der Waals surface area contributed by atoms with Crippen LogP contribution in [0, 0.1) is 0 Å². The molecule has 0 aliphatic rings. The Morgan fingerprint density at radius 1 is 0.460 bits per heavy atom. The van der Waals surface area contributed by atoms with Crippen molar-refractivity contribution < 1.29 is 25.5 Å². The van der Waals surface area contributed by atoms with Gasteiger partial charge in [-0.05, 0) is 76.3 Å². The number of hydrogen-bond donors (Lipinski definition) is 5. The van der Waals surface area contributed by atoms with Crippen LogP contribution in [0.2, 0.25) is 0 Å². The first-order valence-corrected chi connectivity index (χ1v) is 17.4. The van der Waals surface area contributed by atoms with Crippen LogP contribution in [0.25, 0.3) is 81.0 Å². The Kier molecular flexibility index (Phi) is 6.81. The average Bonchev–Trinajstić information content (AvgIpc) is 3.68. The van der Waals surface area contributed by atoms with Crippen LogP contribution in [0.3, 0.4) is 0 Å². The lowest BCUT2D eigenvalue weighted by atomic mass is 9.97. The van der Waals surface area contributed by atoms with Gasteiger partial charge in [0.05, 0.1) is 16.6 Å². The number of aromatic nitrogens is 1. The van der Waals surface area contributed by atoms with Gasteiger partial charge in [0, 0.05) is 41.1 Å². The Labute approximate surface area is 297 Å². The summed E-state index contributed by atoms with van der Waals surface area (Å²) in [7, 11) is 0. The van der Waals surface area contributed by atoms with E-state index in [1.165, 1.54) is 25.7 Å². The van der Waals surface area contributed by atoms with Gasteiger partial charge in [-0.25, -0.2) is 0 Å². The van der Waals surface area contributed by atoms with Gasteiger partial charge < -0.3 is 30.1 Å². The van der Waals surface area contributed by atoms with Crippen molar-refractivity contribution in [2.45, 2.75) is 0 Å².